The Bertz CT molecular complexity index is 886. The maximum absolute atomic E-state index is 11.9. The highest BCUT2D eigenvalue weighted by Gasteiger charge is 2.21. The standard InChI is InChI=1S/C16H20N4O6/c1-16(2,3)26-15(22)19(4)5-6-25-13-8-11-10(7-12(13)20(23)24)14(21)18-9-17-11/h7-9H,5-6H2,1-4H3,(H,17,18,21). The number of fused-ring (bicyclic) bond motifs is 1. The Labute approximate surface area is 148 Å². The van der Waals surface area contributed by atoms with E-state index in [0.717, 1.165) is 6.07 Å². The summed E-state index contributed by atoms with van der Waals surface area (Å²) < 4.78 is 10.7. The molecule has 140 valence electrons. The minimum Gasteiger partial charge on any atom is -0.485 e. The summed E-state index contributed by atoms with van der Waals surface area (Å²) in [6.45, 7) is 5.42. The summed E-state index contributed by atoms with van der Waals surface area (Å²) in [6.07, 6.45) is 0.679. The summed E-state index contributed by atoms with van der Waals surface area (Å²) in [6, 6.07) is 2.45. The van der Waals surface area contributed by atoms with Gasteiger partial charge in [-0.2, -0.15) is 0 Å². The molecule has 0 fully saturated rings. The van der Waals surface area contributed by atoms with E-state index in [1.165, 1.54) is 24.3 Å². The molecule has 0 aliphatic rings. The van der Waals surface area contributed by atoms with Gasteiger partial charge in [-0.25, -0.2) is 9.78 Å². The fourth-order valence-electron chi connectivity index (χ4n) is 2.07. The van der Waals surface area contributed by atoms with Crippen LogP contribution in [0.15, 0.2) is 23.3 Å². The molecule has 0 atom stereocenters. The second kappa shape index (κ2) is 7.38. The number of aromatic nitrogens is 2. The molecule has 10 nitrogen and oxygen atoms in total. The van der Waals surface area contributed by atoms with Gasteiger partial charge in [-0.05, 0) is 20.8 Å². The molecule has 0 bridgehead atoms. The monoisotopic (exact) mass is 364 g/mol. The second-order valence-corrected chi connectivity index (χ2v) is 6.58. The van der Waals surface area contributed by atoms with Gasteiger partial charge in [0.15, 0.2) is 5.75 Å². The molecule has 26 heavy (non-hydrogen) atoms. The number of nitrogens with one attached hydrogen (secondary N) is 1. The van der Waals surface area contributed by atoms with Crippen molar-refractivity contribution in [2.75, 3.05) is 20.2 Å². The number of nitro groups is 1. The summed E-state index contributed by atoms with van der Waals surface area (Å²) in [5.74, 6) is -0.0295. The average Bonchev–Trinajstić information content (AvgIpc) is 2.52. The Morgan fingerprint density at radius 2 is 2.08 bits per heavy atom. The van der Waals surface area contributed by atoms with Crippen LogP contribution in [0, 0.1) is 10.1 Å². The Morgan fingerprint density at radius 1 is 1.38 bits per heavy atom. The number of aromatic amines is 1. The first-order valence-electron chi connectivity index (χ1n) is 7.81. The number of likely N-dealkylation sites (N-methyl/N-ethyl adjacent to an activating group) is 1. The lowest BCUT2D eigenvalue weighted by Crippen LogP contribution is -2.36. The quantitative estimate of drug-likeness (QED) is 0.635. The van der Waals surface area contributed by atoms with Gasteiger partial charge in [0.1, 0.15) is 12.2 Å². The summed E-state index contributed by atoms with van der Waals surface area (Å²) in [5, 5.41) is 11.3. The molecule has 2 rings (SSSR count). The van der Waals surface area contributed by atoms with Crippen LogP contribution in [-0.2, 0) is 4.74 Å². The summed E-state index contributed by atoms with van der Waals surface area (Å²) >= 11 is 0. The number of H-pyrrole nitrogens is 1. The number of hydrogen-bond donors (Lipinski definition) is 1. The molecule has 0 aliphatic heterocycles. The molecule has 0 spiro atoms. The van der Waals surface area contributed by atoms with Gasteiger partial charge in [-0.1, -0.05) is 0 Å². The molecule has 2 aromatic rings. The number of rotatable bonds is 5. The van der Waals surface area contributed by atoms with Crippen LogP contribution in [0.1, 0.15) is 20.8 Å². The fraction of sp³-hybridized carbons (Fsp3) is 0.438. The summed E-state index contributed by atoms with van der Waals surface area (Å²) in [5.41, 5.74) is -1.18. The maximum atomic E-state index is 11.9. The molecule has 1 heterocycles. The fourth-order valence-corrected chi connectivity index (χ4v) is 2.07. The molecule has 1 aromatic heterocycles. The van der Waals surface area contributed by atoms with Crippen LogP contribution in [0.5, 0.6) is 5.75 Å². The van der Waals surface area contributed by atoms with Crippen LogP contribution >= 0.6 is 0 Å². The normalized spacial score (nSPS) is 11.2. The average molecular weight is 364 g/mol. The molecule has 0 aliphatic carbocycles. The Balaban J connectivity index is 2.13. The molecule has 0 saturated heterocycles. The number of ether oxygens (including phenoxy) is 2. The van der Waals surface area contributed by atoms with Crippen molar-refractivity contribution >= 4 is 22.7 Å². The first-order chi connectivity index (χ1) is 12.1. The number of nitro benzene ring substituents is 1. The van der Waals surface area contributed by atoms with E-state index in [9.17, 15) is 19.7 Å². The first kappa shape index (κ1) is 19.2. The zero-order chi connectivity index (χ0) is 19.5. The molecule has 0 radical (unpaired) electrons. The Kier molecular flexibility index (Phi) is 5.44. The van der Waals surface area contributed by atoms with Gasteiger partial charge >= 0.3 is 11.8 Å². The highest BCUT2D eigenvalue weighted by Crippen LogP contribution is 2.30. The molecular formula is C16H20N4O6. The molecule has 1 N–H and O–H groups in total. The SMILES string of the molecule is CN(CCOc1cc2nc[nH]c(=O)c2cc1[N+](=O)[O-])C(=O)OC(C)(C)C. The first-order valence-corrected chi connectivity index (χ1v) is 7.81. The third-order valence-electron chi connectivity index (χ3n) is 3.31. The third-order valence-corrected chi connectivity index (χ3v) is 3.31. The van der Waals surface area contributed by atoms with Gasteiger partial charge < -0.3 is 19.4 Å². The van der Waals surface area contributed by atoms with Gasteiger partial charge in [0.2, 0.25) is 0 Å². The number of carbonyl (C=O) groups is 1. The van der Waals surface area contributed by atoms with E-state index in [1.54, 1.807) is 20.8 Å². The Hall–Kier alpha value is -3.17. The number of hydrogen-bond acceptors (Lipinski definition) is 7. The maximum Gasteiger partial charge on any atom is 0.410 e. The second-order valence-electron chi connectivity index (χ2n) is 6.58. The van der Waals surface area contributed by atoms with Gasteiger partial charge in [0.05, 0.1) is 28.7 Å². The molecule has 1 amide bonds. The number of benzene rings is 1. The minimum absolute atomic E-state index is 0.00524. The van der Waals surface area contributed by atoms with Crippen LogP contribution in [0.4, 0.5) is 10.5 Å². The van der Waals surface area contributed by atoms with Crippen LogP contribution in [0.3, 0.4) is 0 Å². The zero-order valence-corrected chi connectivity index (χ0v) is 14.9. The van der Waals surface area contributed by atoms with Crippen molar-refractivity contribution in [1.82, 2.24) is 14.9 Å². The molecule has 0 saturated carbocycles. The van der Waals surface area contributed by atoms with E-state index in [0.29, 0.717) is 0 Å². The predicted octanol–water partition coefficient (Wildman–Crippen LogP) is 2.08. The van der Waals surface area contributed by atoms with Crippen LogP contribution in [0.2, 0.25) is 0 Å². The van der Waals surface area contributed by atoms with Crippen molar-refractivity contribution in [3.63, 3.8) is 0 Å². The minimum atomic E-state index is -0.640. The van der Waals surface area contributed by atoms with Gasteiger partial charge in [0, 0.05) is 19.2 Å². The molecule has 1 aromatic carbocycles. The predicted molar refractivity (Wildman–Crippen MR) is 93.4 cm³/mol. The number of amides is 1. The molecular weight excluding hydrogens is 344 g/mol. The van der Waals surface area contributed by atoms with Gasteiger partial charge in [0.25, 0.3) is 5.56 Å². The van der Waals surface area contributed by atoms with Crippen molar-refractivity contribution in [3.8, 4) is 5.75 Å². The number of carbonyl (C=O) groups excluding carboxylic acids is 1. The highest BCUT2D eigenvalue weighted by atomic mass is 16.6. The highest BCUT2D eigenvalue weighted by molar-refractivity contribution is 5.82. The van der Waals surface area contributed by atoms with E-state index < -0.39 is 22.2 Å². The molecule has 0 unspecified atom stereocenters. The lowest BCUT2D eigenvalue weighted by Gasteiger charge is -2.24. The van der Waals surface area contributed by atoms with Crippen molar-refractivity contribution < 1.29 is 19.2 Å². The van der Waals surface area contributed by atoms with Gasteiger partial charge in [-0.15, -0.1) is 0 Å². The summed E-state index contributed by atoms with van der Waals surface area (Å²) in [7, 11) is 1.54. The molecule has 10 heteroatoms. The topological polar surface area (TPSA) is 128 Å². The smallest absolute Gasteiger partial charge is 0.410 e. The zero-order valence-electron chi connectivity index (χ0n) is 14.9. The summed E-state index contributed by atoms with van der Waals surface area (Å²) in [4.78, 5) is 41.9. The van der Waals surface area contributed by atoms with Gasteiger partial charge in [-0.3, -0.25) is 14.9 Å². The Morgan fingerprint density at radius 3 is 2.69 bits per heavy atom. The van der Waals surface area contributed by atoms with Crippen LogP contribution < -0.4 is 10.3 Å². The number of nitrogens with zero attached hydrogens (tertiary/aromatic N) is 3. The van der Waals surface area contributed by atoms with E-state index in [-0.39, 0.29) is 35.5 Å². The van der Waals surface area contributed by atoms with E-state index in [2.05, 4.69) is 9.97 Å². The largest absolute Gasteiger partial charge is 0.485 e. The van der Waals surface area contributed by atoms with E-state index in [4.69, 9.17) is 9.47 Å². The van der Waals surface area contributed by atoms with Crippen LogP contribution in [0.25, 0.3) is 10.9 Å². The van der Waals surface area contributed by atoms with Crippen molar-refractivity contribution in [3.05, 3.63) is 38.9 Å². The third kappa shape index (κ3) is 4.68. The van der Waals surface area contributed by atoms with Crippen molar-refractivity contribution in [1.29, 1.82) is 0 Å². The van der Waals surface area contributed by atoms with E-state index in [1.807, 2.05) is 0 Å². The lowest BCUT2D eigenvalue weighted by molar-refractivity contribution is -0.385. The van der Waals surface area contributed by atoms with Crippen LogP contribution in [-0.4, -0.2) is 51.7 Å². The van der Waals surface area contributed by atoms with Crippen molar-refractivity contribution in [2.45, 2.75) is 26.4 Å². The lowest BCUT2D eigenvalue weighted by atomic mass is 10.2. The van der Waals surface area contributed by atoms with Crippen molar-refractivity contribution in [2.24, 2.45) is 0 Å². The van der Waals surface area contributed by atoms with E-state index >= 15 is 0 Å².